The summed E-state index contributed by atoms with van der Waals surface area (Å²) in [6, 6.07) is 16.8. The first kappa shape index (κ1) is 27.4. The Kier molecular flexibility index (Phi) is 8.89. The summed E-state index contributed by atoms with van der Waals surface area (Å²) in [6.45, 7) is 9.60. The minimum atomic E-state index is -0.608. The van der Waals surface area contributed by atoms with Gasteiger partial charge in [-0.05, 0) is 64.1 Å². The molecule has 1 aromatic carbocycles. The van der Waals surface area contributed by atoms with E-state index < -0.39 is 11.7 Å². The molecule has 0 unspecified atom stereocenters. The van der Waals surface area contributed by atoms with Crippen molar-refractivity contribution in [1.29, 1.82) is 0 Å². The molecular formula is C29H35N5O3S. The second kappa shape index (κ2) is 12.3. The lowest BCUT2D eigenvalue weighted by molar-refractivity contribution is 0.0580. The normalized spacial score (nSPS) is 13.6. The lowest BCUT2D eigenvalue weighted by atomic mass is 10.2. The molecule has 0 aliphatic carbocycles. The maximum absolute atomic E-state index is 13.3. The van der Waals surface area contributed by atoms with Crippen molar-refractivity contribution in [3.63, 3.8) is 0 Å². The molecular weight excluding hydrogens is 498 g/mol. The van der Waals surface area contributed by atoms with Gasteiger partial charge >= 0.3 is 6.09 Å². The molecule has 1 fully saturated rings. The molecule has 1 aliphatic rings. The maximum atomic E-state index is 13.3. The Labute approximate surface area is 228 Å². The number of nitrogens with zero attached hydrogens (tertiary/aromatic N) is 4. The van der Waals surface area contributed by atoms with Gasteiger partial charge in [-0.3, -0.25) is 14.7 Å². The minimum Gasteiger partial charge on any atom is -0.443 e. The predicted octanol–water partition coefficient (Wildman–Crippen LogP) is 5.57. The third-order valence-electron chi connectivity index (χ3n) is 5.92. The van der Waals surface area contributed by atoms with Gasteiger partial charge in [0.25, 0.3) is 5.91 Å². The second-order valence-electron chi connectivity index (χ2n) is 10.1. The van der Waals surface area contributed by atoms with Crippen LogP contribution in [0, 0.1) is 6.92 Å². The van der Waals surface area contributed by atoms with Crippen LogP contribution in [0.25, 0.3) is 0 Å². The van der Waals surface area contributed by atoms with E-state index in [0.29, 0.717) is 24.2 Å². The third kappa shape index (κ3) is 7.47. The highest BCUT2D eigenvalue weighted by Crippen LogP contribution is 2.24. The quantitative estimate of drug-likeness (QED) is 0.424. The van der Waals surface area contributed by atoms with Crippen LogP contribution < -0.4 is 15.1 Å². The van der Waals surface area contributed by atoms with Crippen LogP contribution in [0.1, 0.15) is 42.5 Å². The molecule has 38 heavy (non-hydrogen) atoms. The van der Waals surface area contributed by atoms with Crippen molar-refractivity contribution in [3.05, 3.63) is 77.7 Å². The van der Waals surface area contributed by atoms with E-state index in [1.807, 2.05) is 88.0 Å². The minimum absolute atomic E-state index is 0.206. The molecule has 8 nitrogen and oxygen atoms in total. The van der Waals surface area contributed by atoms with Crippen LogP contribution >= 0.6 is 11.8 Å². The Bertz CT molecular complexity index is 1260. The van der Waals surface area contributed by atoms with E-state index in [1.54, 1.807) is 17.2 Å². The molecule has 0 saturated carbocycles. The van der Waals surface area contributed by atoms with Gasteiger partial charge in [0.05, 0.1) is 5.56 Å². The van der Waals surface area contributed by atoms with Crippen molar-refractivity contribution >= 4 is 41.0 Å². The number of carbonyl (C=O) groups excluding carboxylic acids is 2. The van der Waals surface area contributed by atoms with Crippen LogP contribution in [0.3, 0.4) is 0 Å². The molecule has 1 aliphatic heterocycles. The SMILES string of the molecule is Cc1ccc(C(=O)Nc2ccnc(CCN(C(=O)OC(C)(C)C)c3ccccc3)c2)c(N2CCSCC2)n1. The number of aryl methyl sites for hydroxylation is 1. The van der Waals surface area contributed by atoms with E-state index in [9.17, 15) is 9.59 Å². The summed E-state index contributed by atoms with van der Waals surface area (Å²) in [5, 5.41) is 3.01. The summed E-state index contributed by atoms with van der Waals surface area (Å²) in [5.74, 6) is 2.57. The molecule has 3 heterocycles. The number of anilines is 3. The first-order valence-corrected chi connectivity index (χ1v) is 14.0. The zero-order valence-electron chi connectivity index (χ0n) is 22.4. The number of para-hydroxylation sites is 1. The van der Waals surface area contributed by atoms with Gasteiger partial charge in [0.15, 0.2) is 0 Å². The zero-order valence-corrected chi connectivity index (χ0v) is 23.3. The van der Waals surface area contributed by atoms with Gasteiger partial charge < -0.3 is 15.0 Å². The molecule has 3 aromatic rings. The van der Waals surface area contributed by atoms with E-state index in [4.69, 9.17) is 9.72 Å². The van der Waals surface area contributed by atoms with Crippen LogP contribution in [0.15, 0.2) is 60.8 Å². The largest absolute Gasteiger partial charge is 0.443 e. The van der Waals surface area contributed by atoms with Crippen LogP contribution in [0.4, 0.5) is 22.0 Å². The molecule has 9 heteroatoms. The number of benzene rings is 1. The molecule has 4 rings (SSSR count). The monoisotopic (exact) mass is 533 g/mol. The molecule has 200 valence electrons. The fraction of sp³-hybridized carbons (Fsp3) is 0.379. The van der Waals surface area contributed by atoms with E-state index in [1.165, 1.54) is 0 Å². The van der Waals surface area contributed by atoms with Crippen molar-refractivity contribution in [2.24, 2.45) is 0 Å². The van der Waals surface area contributed by atoms with Gasteiger partial charge in [0.1, 0.15) is 11.4 Å². The molecule has 2 aromatic heterocycles. The lowest BCUT2D eigenvalue weighted by Crippen LogP contribution is -2.38. The maximum Gasteiger partial charge on any atom is 0.414 e. The standard InChI is InChI=1S/C29H35N5O3S/c1-21-10-11-25(26(31-21)33-16-18-38-19-17-33)27(35)32-23-12-14-30-22(20-23)13-15-34(24-8-6-5-7-9-24)28(36)37-29(2,3)4/h5-12,14,20H,13,15-19H2,1-4H3,(H,30,32,35). The molecule has 0 atom stereocenters. The Morgan fingerprint density at radius 1 is 1.08 bits per heavy atom. The van der Waals surface area contributed by atoms with Crippen LogP contribution in [0.5, 0.6) is 0 Å². The second-order valence-corrected chi connectivity index (χ2v) is 11.4. The average molecular weight is 534 g/mol. The highest BCUT2D eigenvalue weighted by Gasteiger charge is 2.24. The fourth-order valence-corrected chi connectivity index (χ4v) is 5.01. The van der Waals surface area contributed by atoms with Gasteiger partial charge in [-0.15, -0.1) is 0 Å². The van der Waals surface area contributed by atoms with E-state index in [-0.39, 0.29) is 5.91 Å². The first-order valence-electron chi connectivity index (χ1n) is 12.8. The molecule has 1 saturated heterocycles. The van der Waals surface area contributed by atoms with Crippen LogP contribution in [0.2, 0.25) is 0 Å². The number of carbonyl (C=O) groups is 2. The first-order chi connectivity index (χ1) is 18.2. The lowest BCUT2D eigenvalue weighted by Gasteiger charge is -2.29. The number of thioether (sulfide) groups is 1. The highest BCUT2D eigenvalue weighted by molar-refractivity contribution is 7.99. The summed E-state index contributed by atoms with van der Waals surface area (Å²) < 4.78 is 5.64. The fourth-order valence-electron chi connectivity index (χ4n) is 4.10. The number of ether oxygens (including phenoxy) is 1. The van der Waals surface area contributed by atoms with Gasteiger partial charge in [0.2, 0.25) is 0 Å². The van der Waals surface area contributed by atoms with Crippen molar-refractivity contribution < 1.29 is 14.3 Å². The number of nitrogens with one attached hydrogen (secondary N) is 1. The van der Waals surface area contributed by atoms with Gasteiger partial charge in [0, 0.05) is 66.5 Å². The molecule has 0 spiro atoms. The molecule has 0 radical (unpaired) electrons. The van der Waals surface area contributed by atoms with Crippen molar-refractivity contribution in [2.75, 3.05) is 46.3 Å². The Morgan fingerprint density at radius 3 is 2.53 bits per heavy atom. The number of hydrogen-bond donors (Lipinski definition) is 1. The number of hydrogen-bond acceptors (Lipinski definition) is 7. The van der Waals surface area contributed by atoms with Gasteiger partial charge in [-0.2, -0.15) is 11.8 Å². The summed E-state index contributed by atoms with van der Waals surface area (Å²) in [5.41, 5.74) is 2.98. The summed E-state index contributed by atoms with van der Waals surface area (Å²) in [6.07, 6.45) is 1.74. The van der Waals surface area contributed by atoms with Crippen molar-refractivity contribution in [1.82, 2.24) is 9.97 Å². The van der Waals surface area contributed by atoms with E-state index in [0.717, 1.165) is 47.5 Å². The van der Waals surface area contributed by atoms with Crippen LogP contribution in [-0.2, 0) is 11.2 Å². The van der Waals surface area contributed by atoms with E-state index in [2.05, 4.69) is 15.2 Å². The highest BCUT2D eigenvalue weighted by atomic mass is 32.2. The Hall–Kier alpha value is -3.59. The molecule has 2 amide bonds. The zero-order chi connectivity index (χ0) is 27.1. The topological polar surface area (TPSA) is 87.7 Å². The van der Waals surface area contributed by atoms with Crippen molar-refractivity contribution in [3.8, 4) is 0 Å². The Morgan fingerprint density at radius 2 is 1.82 bits per heavy atom. The summed E-state index contributed by atoms with van der Waals surface area (Å²) in [4.78, 5) is 39.2. The van der Waals surface area contributed by atoms with Crippen LogP contribution in [-0.4, -0.2) is 58.7 Å². The number of pyridine rings is 2. The van der Waals surface area contributed by atoms with Crippen molar-refractivity contribution in [2.45, 2.75) is 39.7 Å². The number of aromatic nitrogens is 2. The Balaban J connectivity index is 1.47. The number of rotatable bonds is 7. The van der Waals surface area contributed by atoms with Gasteiger partial charge in [-0.1, -0.05) is 18.2 Å². The van der Waals surface area contributed by atoms with E-state index >= 15 is 0 Å². The smallest absolute Gasteiger partial charge is 0.414 e. The number of amides is 2. The summed E-state index contributed by atoms with van der Waals surface area (Å²) in [7, 11) is 0. The molecule has 1 N–H and O–H groups in total. The summed E-state index contributed by atoms with van der Waals surface area (Å²) >= 11 is 1.92. The molecule has 0 bridgehead atoms. The average Bonchev–Trinajstić information content (AvgIpc) is 2.89. The third-order valence-corrected chi connectivity index (χ3v) is 6.86. The predicted molar refractivity (Wildman–Crippen MR) is 154 cm³/mol. The van der Waals surface area contributed by atoms with Gasteiger partial charge in [-0.25, -0.2) is 9.78 Å².